The van der Waals surface area contributed by atoms with Crippen molar-refractivity contribution in [2.45, 2.75) is 43.7 Å². The number of hydrogen-bond acceptors (Lipinski definition) is 4. The SMILES string of the molecule is N#CC1(NC(=O)[C@H](CCCCN)NC(=O)c2ccc(-c3ccccc3)cc2)CC1. The quantitative estimate of drug-likeness (QED) is 0.572. The highest BCUT2D eigenvalue weighted by Crippen LogP contribution is 2.34. The van der Waals surface area contributed by atoms with Gasteiger partial charge in [-0.05, 0) is 61.9 Å². The molecule has 1 fully saturated rings. The maximum Gasteiger partial charge on any atom is 0.251 e. The first-order chi connectivity index (χ1) is 14.1. The van der Waals surface area contributed by atoms with Crippen LogP contribution < -0.4 is 16.4 Å². The lowest BCUT2D eigenvalue weighted by atomic mass is 10.0. The van der Waals surface area contributed by atoms with E-state index in [2.05, 4.69) is 16.7 Å². The summed E-state index contributed by atoms with van der Waals surface area (Å²) in [4.78, 5) is 25.4. The van der Waals surface area contributed by atoms with E-state index in [9.17, 15) is 14.9 Å². The van der Waals surface area contributed by atoms with Gasteiger partial charge in [-0.3, -0.25) is 9.59 Å². The zero-order chi connectivity index (χ0) is 20.7. The smallest absolute Gasteiger partial charge is 0.251 e. The largest absolute Gasteiger partial charge is 0.340 e. The molecule has 0 aromatic heterocycles. The maximum absolute atomic E-state index is 12.7. The number of hydrogen-bond donors (Lipinski definition) is 3. The van der Waals surface area contributed by atoms with Crippen LogP contribution in [0.15, 0.2) is 54.6 Å². The molecule has 2 amide bonds. The number of benzene rings is 2. The summed E-state index contributed by atoms with van der Waals surface area (Å²) in [6, 6.07) is 18.7. The minimum absolute atomic E-state index is 0.306. The third kappa shape index (κ3) is 5.43. The lowest BCUT2D eigenvalue weighted by molar-refractivity contribution is -0.123. The van der Waals surface area contributed by atoms with E-state index < -0.39 is 11.6 Å². The molecule has 0 radical (unpaired) electrons. The van der Waals surface area contributed by atoms with Gasteiger partial charge >= 0.3 is 0 Å². The highest BCUT2D eigenvalue weighted by molar-refractivity contribution is 5.98. The van der Waals surface area contributed by atoms with Crippen molar-refractivity contribution in [3.05, 3.63) is 60.2 Å². The lowest BCUT2D eigenvalue weighted by Crippen LogP contribution is -2.50. The van der Waals surface area contributed by atoms with Crippen LogP contribution in [0.2, 0.25) is 0 Å². The van der Waals surface area contributed by atoms with Gasteiger partial charge in [0.05, 0.1) is 6.07 Å². The average molecular weight is 390 g/mol. The highest BCUT2D eigenvalue weighted by atomic mass is 16.2. The standard InChI is InChI=1S/C23H26N4O2/c24-15-5-4-8-20(22(29)27-23(16-25)13-14-23)26-21(28)19-11-9-18(10-12-19)17-6-2-1-3-7-17/h1-3,6-7,9-12,20H,4-5,8,13-15,24H2,(H,26,28)(H,27,29)/t20-/m0/s1. The fourth-order valence-corrected chi connectivity index (χ4v) is 3.16. The molecule has 1 aliphatic carbocycles. The summed E-state index contributed by atoms with van der Waals surface area (Å²) >= 11 is 0. The van der Waals surface area contributed by atoms with Crippen molar-refractivity contribution in [1.82, 2.24) is 10.6 Å². The van der Waals surface area contributed by atoms with Crippen LogP contribution in [0.5, 0.6) is 0 Å². The number of nitrogens with zero attached hydrogens (tertiary/aromatic N) is 1. The zero-order valence-corrected chi connectivity index (χ0v) is 16.4. The van der Waals surface area contributed by atoms with Gasteiger partial charge in [0, 0.05) is 5.56 Å². The Labute approximate surface area is 171 Å². The van der Waals surface area contributed by atoms with Crippen LogP contribution in [0, 0.1) is 11.3 Å². The first kappa shape index (κ1) is 20.6. The highest BCUT2D eigenvalue weighted by Gasteiger charge is 2.45. The molecule has 0 heterocycles. The van der Waals surface area contributed by atoms with Gasteiger partial charge in [0.2, 0.25) is 5.91 Å². The van der Waals surface area contributed by atoms with Crippen LogP contribution in [-0.2, 0) is 4.79 Å². The number of rotatable bonds is 9. The fourth-order valence-electron chi connectivity index (χ4n) is 3.16. The Balaban J connectivity index is 1.66. The van der Waals surface area contributed by atoms with Gasteiger partial charge < -0.3 is 16.4 Å². The van der Waals surface area contributed by atoms with E-state index in [1.807, 2.05) is 42.5 Å². The molecule has 1 atom stereocenters. The summed E-state index contributed by atoms with van der Waals surface area (Å²) in [6.45, 7) is 0.533. The molecular formula is C23H26N4O2. The van der Waals surface area contributed by atoms with Gasteiger partial charge in [-0.15, -0.1) is 0 Å². The third-order valence-electron chi connectivity index (χ3n) is 5.15. The van der Waals surface area contributed by atoms with Gasteiger partial charge in [-0.1, -0.05) is 42.5 Å². The van der Waals surface area contributed by atoms with Crippen LogP contribution >= 0.6 is 0 Å². The number of carbonyl (C=O) groups excluding carboxylic acids is 2. The van der Waals surface area contributed by atoms with Crippen molar-refractivity contribution in [2.24, 2.45) is 5.73 Å². The maximum atomic E-state index is 12.7. The summed E-state index contributed by atoms with van der Waals surface area (Å²) in [5, 5.41) is 14.8. The number of amides is 2. The number of nitrogens with two attached hydrogens (primary N) is 1. The van der Waals surface area contributed by atoms with Crippen molar-refractivity contribution in [2.75, 3.05) is 6.54 Å². The van der Waals surface area contributed by atoms with Crippen LogP contribution in [0.25, 0.3) is 11.1 Å². The molecule has 0 unspecified atom stereocenters. The van der Waals surface area contributed by atoms with E-state index in [1.165, 1.54) is 0 Å². The molecule has 2 aromatic carbocycles. The monoisotopic (exact) mass is 390 g/mol. The second kappa shape index (κ2) is 9.35. The van der Waals surface area contributed by atoms with Crippen molar-refractivity contribution >= 4 is 11.8 Å². The molecule has 2 aromatic rings. The third-order valence-corrected chi connectivity index (χ3v) is 5.15. The number of unbranched alkanes of at least 4 members (excludes halogenated alkanes) is 1. The molecule has 0 saturated heterocycles. The Bertz CT molecular complexity index is 883. The predicted octanol–water partition coefficient (Wildman–Crippen LogP) is 2.75. The van der Waals surface area contributed by atoms with Gasteiger partial charge in [0.15, 0.2) is 0 Å². The molecule has 1 aliphatic rings. The van der Waals surface area contributed by atoms with E-state index in [4.69, 9.17) is 5.73 Å². The Hall–Kier alpha value is -3.17. The van der Waals surface area contributed by atoms with E-state index in [1.54, 1.807) is 12.1 Å². The molecule has 0 aliphatic heterocycles. The van der Waals surface area contributed by atoms with Crippen LogP contribution in [-0.4, -0.2) is 29.9 Å². The fraction of sp³-hybridized carbons (Fsp3) is 0.348. The molecule has 6 heteroatoms. The molecule has 3 rings (SSSR count). The number of nitrogens with one attached hydrogen (secondary N) is 2. The predicted molar refractivity (Wildman–Crippen MR) is 112 cm³/mol. The molecule has 1 saturated carbocycles. The summed E-state index contributed by atoms with van der Waals surface area (Å²) < 4.78 is 0. The first-order valence-corrected chi connectivity index (χ1v) is 9.96. The van der Waals surface area contributed by atoms with Crippen molar-refractivity contribution in [1.29, 1.82) is 5.26 Å². The number of nitriles is 1. The average Bonchev–Trinajstić information content (AvgIpc) is 3.53. The van der Waals surface area contributed by atoms with Gasteiger partial charge in [0.25, 0.3) is 5.91 Å². The molecule has 0 bridgehead atoms. The molecular weight excluding hydrogens is 364 g/mol. The van der Waals surface area contributed by atoms with Crippen molar-refractivity contribution in [3.8, 4) is 17.2 Å². The summed E-state index contributed by atoms with van der Waals surface area (Å²) in [7, 11) is 0. The van der Waals surface area contributed by atoms with E-state index in [0.717, 1.165) is 24.0 Å². The van der Waals surface area contributed by atoms with Crippen molar-refractivity contribution < 1.29 is 9.59 Å². The van der Waals surface area contributed by atoms with Crippen LogP contribution in [0.1, 0.15) is 42.5 Å². The summed E-state index contributed by atoms with van der Waals surface area (Å²) in [5.41, 5.74) is 7.37. The Morgan fingerprint density at radius 1 is 1.03 bits per heavy atom. The van der Waals surface area contributed by atoms with Crippen LogP contribution in [0.3, 0.4) is 0 Å². The minimum atomic E-state index is -0.759. The lowest BCUT2D eigenvalue weighted by Gasteiger charge is -2.20. The molecule has 4 N–H and O–H groups in total. The number of carbonyl (C=O) groups is 2. The minimum Gasteiger partial charge on any atom is -0.340 e. The summed E-state index contributed by atoms with van der Waals surface area (Å²) in [5.74, 6) is -0.616. The molecule has 29 heavy (non-hydrogen) atoms. The normalized spacial score (nSPS) is 15.0. The summed E-state index contributed by atoms with van der Waals surface area (Å²) in [6.07, 6.45) is 3.29. The Morgan fingerprint density at radius 2 is 1.69 bits per heavy atom. The van der Waals surface area contributed by atoms with E-state index in [0.29, 0.717) is 31.4 Å². The van der Waals surface area contributed by atoms with Gasteiger partial charge in [-0.25, -0.2) is 0 Å². The Morgan fingerprint density at radius 3 is 2.28 bits per heavy atom. The second-order valence-corrected chi connectivity index (χ2v) is 7.44. The van der Waals surface area contributed by atoms with Gasteiger partial charge in [-0.2, -0.15) is 5.26 Å². The molecule has 6 nitrogen and oxygen atoms in total. The second-order valence-electron chi connectivity index (χ2n) is 7.44. The molecule has 0 spiro atoms. The Kier molecular flexibility index (Phi) is 6.63. The van der Waals surface area contributed by atoms with Gasteiger partial charge in [0.1, 0.15) is 11.6 Å². The van der Waals surface area contributed by atoms with Crippen LogP contribution in [0.4, 0.5) is 0 Å². The first-order valence-electron chi connectivity index (χ1n) is 9.96. The van der Waals surface area contributed by atoms with E-state index >= 15 is 0 Å². The molecule has 150 valence electrons. The van der Waals surface area contributed by atoms with E-state index in [-0.39, 0.29) is 11.8 Å². The topological polar surface area (TPSA) is 108 Å². The van der Waals surface area contributed by atoms with Crippen molar-refractivity contribution in [3.63, 3.8) is 0 Å². The zero-order valence-electron chi connectivity index (χ0n) is 16.4.